The van der Waals surface area contributed by atoms with E-state index in [2.05, 4.69) is 19.9 Å². The van der Waals surface area contributed by atoms with Crippen molar-refractivity contribution in [2.75, 3.05) is 11.4 Å². The van der Waals surface area contributed by atoms with Gasteiger partial charge in [-0.05, 0) is 30.5 Å². The van der Waals surface area contributed by atoms with Crippen LogP contribution >= 0.6 is 0 Å². The lowest BCUT2D eigenvalue weighted by atomic mass is 10.2. The summed E-state index contributed by atoms with van der Waals surface area (Å²) >= 11 is 0. The van der Waals surface area contributed by atoms with Crippen LogP contribution in [0.2, 0.25) is 0 Å². The molecule has 0 aliphatic heterocycles. The van der Waals surface area contributed by atoms with Gasteiger partial charge in [-0.3, -0.25) is 4.98 Å². The number of methoxy groups -OCH3 is 1. The molecule has 9 heteroatoms. The third-order valence-electron chi connectivity index (χ3n) is 4.43. The molecule has 2 aromatic heterocycles. The van der Waals surface area contributed by atoms with Crippen molar-refractivity contribution in [3.05, 3.63) is 60.7 Å². The van der Waals surface area contributed by atoms with E-state index in [9.17, 15) is 8.42 Å². The molecule has 0 bridgehead atoms. The van der Waals surface area contributed by atoms with Crippen LogP contribution in [-0.2, 0) is 16.6 Å². The minimum absolute atomic E-state index is 0.180. The van der Waals surface area contributed by atoms with Crippen LogP contribution in [0, 0.1) is 0 Å². The van der Waals surface area contributed by atoms with Crippen LogP contribution in [0.5, 0.6) is 5.75 Å². The van der Waals surface area contributed by atoms with Gasteiger partial charge in [-0.25, -0.2) is 27.7 Å². The zero-order chi connectivity index (χ0) is 19.6. The van der Waals surface area contributed by atoms with Crippen molar-refractivity contribution in [2.24, 2.45) is 0 Å². The third kappa shape index (κ3) is 3.79. The summed E-state index contributed by atoms with van der Waals surface area (Å²) in [5.74, 6) is 1.36. The van der Waals surface area contributed by atoms with Gasteiger partial charge < -0.3 is 4.74 Å². The molecule has 1 fully saturated rings. The second-order valence-corrected chi connectivity index (χ2v) is 8.57. The van der Waals surface area contributed by atoms with Gasteiger partial charge in [0.1, 0.15) is 17.3 Å². The first-order valence-electron chi connectivity index (χ1n) is 8.82. The number of nitrogens with zero attached hydrogens (tertiary/aromatic N) is 5. The first kappa shape index (κ1) is 18.3. The maximum atomic E-state index is 13.1. The summed E-state index contributed by atoms with van der Waals surface area (Å²) in [5, 5.41) is -0.360. The van der Waals surface area contributed by atoms with E-state index in [1.54, 1.807) is 31.8 Å². The van der Waals surface area contributed by atoms with Crippen LogP contribution in [-0.4, -0.2) is 40.7 Å². The van der Waals surface area contributed by atoms with Gasteiger partial charge >= 0.3 is 0 Å². The first-order chi connectivity index (χ1) is 13.6. The van der Waals surface area contributed by atoms with Crippen LogP contribution in [0.3, 0.4) is 0 Å². The molecular formula is C19H19N5O3S. The highest BCUT2D eigenvalue weighted by molar-refractivity contribution is 7.93. The van der Waals surface area contributed by atoms with Gasteiger partial charge in [0.05, 0.1) is 25.1 Å². The smallest absolute Gasteiger partial charge is 0.239 e. The van der Waals surface area contributed by atoms with Crippen LogP contribution in [0.15, 0.2) is 55.1 Å². The lowest BCUT2D eigenvalue weighted by Crippen LogP contribution is -2.34. The molecule has 4 rings (SSSR count). The zero-order valence-corrected chi connectivity index (χ0v) is 16.1. The van der Waals surface area contributed by atoms with Gasteiger partial charge in [0.2, 0.25) is 10.0 Å². The topological polar surface area (TPSA) is 98.2 Å². The first-order valence-corrected chi connectivity index (χ1v) is 10.3. The van der Waals surface area contributed by atoms with E-state index in [4.69, 9.17) is 4.74 Å². The van der Waals surface area contributed by atoms with Gasteiger partial charge in [-0.15, -0.1) is 0 Å². The van der Waals surface area contributed by atoms with E-state index in [0.717, 1.165) is 5.56 Å². The average molecular weight is 397 g/mol. The number of benzene rings is 1. The number of anilines is 1. The van der Waals surface area contributed by atoms with Crippen LogP contribution < -0.4 is 9.04 Å². The van der Waals surface area contributed by atoms with E-state index in [1.165, 1.54) is 10.5 Å². The monoisotopic (exact) mass is 397 g/mol. The largest absolute Gasteiger partial charge is 0.497 e. The molecule has 0 atom stereocenters. The van der Waals surface area contributed by atoms with E-state index in [0.29, 0.717) is 35.9 Å². The normalized spacial score (nSPS) is 13.9. The van der Waals surface area contributed by atoms with Crippen molar-refractivity contribution in [3.8, 4) is 17.3 Å². The molecule has 28 heavy (non-hydrogen) atoms. The van der Waals surface area contributed by atoms with E-state index in [1.807, 2.05) is 24.3 Å². The lowest BCUT2D eigenvalue weighted by molar-refractivity contribution is 0.414. The summed E-state index contributed by atoms with van der Waals surface area (Å²) in [4.78, 5) is 16.9. The van der Waals surface area contributed by atoms with Gasteiger partial charge in [-0.1, -0.05) is 12.1 Å². The molecule has 0 radical (unpaired) electrons. The maximum Gasteiger partial charge on any atom is 0.239 e. The van der Waals surface area contributed by atoms with Gasteiger partial charge in [0, 0.05) is 24.7 Å². The van der Waals surface area contributed by atoms with E-state index >= 15 is 0 Å². The number of ether oxygens (including phenoxy) is 1. The molecule has 1 aliphatic carbocycles. The fourth-order valence-electron chi connectivity index (χ4n) is 2.77. The number of aromatic nitrogens is 4. The molecule has 0 amide bonds. The average Bonchev–Trinajstić information content (AvgIpc) is 3.59. The lowest BCUT2D eigenvalue weighted by Gasteiger charge is -2.23. The van der Waals surface area contributed by atoms with Crippen molar-refractivity contribution >= 4 is 15.8 Å². The molecule has 0 unspecified atom stereocenters. The van der Waals surface area contributed by atoms with Gasteiger partial charge in [-0.2, -0.15) is 0 Å². The summed E-state index contributed by atoms with van der Waals surface area (Å²) in [6, 6.07) is 8.91. The predicted molar refractivity (Wildman–Crippen MR) is 104 cm³/mol. The Kier molecular flexibility index (Phi) is 4.91. The number of rotatable bonds is 7. The highest BCUT2D eigenvalue weighted by atomic mass is 32.2. The van der Waals surface area contributed by atoms with Crippen LogP contribution in [0.25, 0.3) is 11.5 Å². The summed E-state index contributed by atoms with van der Waals surface area (Å²) < 4.78 is 32.7. The Morgan fingerprint density at radius 2 is 1.86 bits per heavy atom. The predicted octanol–water partition coefficient (Wildman–Crippen LogP) is 2.44. The molecular weight excluding hydrogens is 378 g/mol. The minimum atomic E-state index is -3.52. The van der Waals surface area contributed by atoms with Crippen molar-refractivity contribution in [1.29, 1.82) is 0 Å². The number of sulfonamides is 1. The van der Waals surface area contributed by atoms with Crippen molar-refractivity contribution in [3.63, 3.8) is 0 Å². The fraction of sp³-hybridized carbons (Fsp3) is 0.263. The molecule has 0 N–H and O–H groups in total. The highest BCUT2D eigenvalue weighted by Gasteiger charge is 2.41. The SMILES string of the molecule is COc1ccc(CN(c2ccnc(-c3cnccn3)n2)S(=O)(=O)C2CC2)cc1. The van der Waals surface area contributed by atoms with Crippen molar-refractivity contribution in [2.45, 2.75) is 24.6 Å². The van der Waals surface area contributed by atoms with E-state index < -0.39 is 10.0 Å². The Hall–Kier alpha value is -3.07. The summed E-state index contributed by atoms with van der Waals surface area (Å²) in [6.45, 7) is 0.180. The molecule has 0 saturated heterocycles. The Bertz CT molecular complexity index is 1050. The summed E-state index contributed by atoms with van der Waals surface area (Å²) in [5.41, 5.74) is 1.32. The molecule has 0 spiro atoms. The van der Waals surface area contributed by atoms with E-state index in [-0.39, 0.29) is 11.8 Å². The molecule has 3 aromatic rings. The highest BCUT2D eigenvalue weighted by Crippen LogP contribution is 2.34. The third-order valence-corrected chi connectivity index (χ3v) is 6.67. The Morgan fingerprint density at radius 1 is 1.07 bits per heavy atom. The number of hydrogen-bond acceptors (Lipinski definition) is 7. The summed E-state index contributed by atoms with van der Waals surface area (Å²) in [6.07, 6.45) is 7.52. The molecule has 8 nitrogen and oxygen atoms in total. The van der Waals surface area contributed by atoms with Gasteiger partial charge in [0.15, 0.2) is 5.82 Å². The van der Waals surface area contributed by atoms with Crippen LogP contribution in [0.1, 0.15) is 18.4 Å². The number of hydrogen-bond donors (Lipinski definition) is 0. The second kappa shape index (κ2) is 7.51. The quantitative estimate of drug-likeness (QED) is 0.604. The van der Waals surface area contributed by atoms with Crippen molar-refractivity contribution in [1.82, 2.24) is 19.9 Å². The maximum absolute atomic E-state index is 13.1. The summed E-state index contributed by atoms with van der Waals surface area (Å²) in [7, 11) is -1.93. The molecule has 1 aromatic carbocycles. The minimum Gasteiger partial charge on any atom is -0.497 e. The van der Waals surface area contributed by atoms with Gasteiger partial charge in [0.25, 0.3) is 0 Å². The Morgan fingerprint density at radius 3 is 2.50 bits per heavy atom. The Labute approximate surface area is 163 Å². The second-order valence-electron chi connectivity index (χ2n) is 6.43. The van der Waals surface area contributed by atoms with Crippen molar-refractivity contribution < 1.29 is 13.2 Å². The molecule has 2 heterocycles. The fourth-order valence-corrected chi connectivity index (χ4v) is 4.55. The molecule has 144 valence electrons. The van der Waals surface area contributed by atoms with Crippen LogP contribution in [0.4, 0.5) is 5.82 Å². The standard InChI is InChI=1S/C19H19N5O3S/c1-27-15-4-2-14(3-5-15)13-24(28(25,26)16-6-7-16)18-8-9-22-19(23-18)17-12-20-10-11-21-17/h2-5,8-12,16H,6-7,13H2,1H3. The Balaban J connectivity index is 1.71. The molecule has 1 aliphatic rings. The zero-order valence-electron chi connectivity index (χ0n) is 15.3. The molecule has 1 saturated carbocycles.